The number of unbranched alkanes of at least 4 members (excludes halogenated alkanes) is 3. The van der Waals surface area contributed by atoms with E-state index in [4.69, 9.17) is 39.8 Å². The van der Waals surface area contributed by atoms with Crippen molar-refractivity contribution in [1.29, 1.82) is 5.41 Å². The predicted octanol–water partition coefficient (Wildman–Crippen LogP) is -3.75. The van der Waals surface area contributed by atoms with Gasteiger partial charge in [0.15, 0.2) is 5.96 Å². The van der Waals surface area contributed by atoms with Gasteiger partial charge in [0.05, 0.1) is 6.04 Å². The lowest BCUT2D eigenvalue weighted by Gasteiger charge is -2.26. The Balaban J connectivity index is 6.01. The number of amides is 5. The fourth-order valence-corrected chi connectivity index (χ4v) is 4.60. The molecule has 0 radical (unpaired) electrons. The monoisotopic (exact) mass is 686 g/mol. The highest BCUT2D eigenvalue weighted by molar-refractivity contribution is 5.95. The van der Waals surface area contributed by atoms with E-state index in [1.807, 2.05) is 0 Å². The summed E-state index contributed by atoms with van der Waals surface area (Å²) < 4.78 is 0. The van der Waals surface area contributed by atoms with E-state index in [9.17, 15) is 33.9 Å². The third-order valence-electron chi connectivity index (χ3n) is 7.38. The summed E-state index contributed by atoms with van der Waals surface area (Å²) in [5, 5.41) is 29.7. The molecule has 0 bridgehead atoms. The van der Waals surface area contributed by atoms with Crippen LogP contribution in [0.25, 0.3) is 0 Å². The van der Waals surface area contributed by atoms with Crippen LogP contribution in [-0.4, -0.2) is 103 Å². The molecule has 0 rings (SSSR count). The van der Waals surface area contributed by atoms with Gasteiger partial charge in [-0.05, 0) is 90.3 Å². The normalized spacial score (nSPS) is 14.0. The standard InChI is InChI=1S/C29H58N12O7/c30-14-4-1-8-18(33)24(43)38-19(9-2-5-15-31)25(44)39-20(10-3-6-16-32)26(45)40-21(11-7-17-37-29(35)36)27(46)41-22(28(47)48)12-13-23(34)42/h18-22H,1-17,30-33H2,(H2,34,42)(H,38,43)(H,39,44)(H,40,45)(H,41,46)(H,47,48)(H4,35,36,37). The van der Waals surface area contributed by atoms with Gasteiger partial charge in [0.25, 0.3) is 0 Å². The van der Waals surface area contributed by atoms with Crippen molar-refractivity contribution in [3.8, 4) is 0 Å². The lowest BCUT2D eigenvalue weighted by molar-refractivity contribution is -0.142. The van der Waals surface area contributed by atoms with Crippen LogP contribution in [0.1, 0.15) is 83.5 Å². The third kappa shape index (κ3) is 20.2. The Hall–Kier alpha value is -4.07. The number of rotatable bonds is 28. The number of nitrogens with two attached hydrogens (primary N) is 6. The number of carboxylic acid groups (broad SMARTS) is 1. The lowest BCUT2D eigenvalue weighted by atomic mass is 10.0. The molecule has 19 nitrogen and oxygen atoms in total. The first-order valence-electron chi connectivity index (χ1n) is 16.4. The molecular formula is C29H58N12O7. The predicted molar refractivity (Wildman–Crippen MR) is 180 cm³/mol. The van der Waals surface area contributed by atoms with Gasteiger partial charge in [-0.15, -0.1) is 0 Å². The van der Waals surface area contributed by atoms with E-state index in [2.05, 4.69) is 26.6 Å². The summed E-state index contributed by atoms with van der Waals surface area (Å²) in [6.07, 6.45) is 3.84. The third-order valence-corrected chi connectivity index (χ3v) is 7.38. The molecule has 0 aliphatic heterocycles. The summed E-state index contributed by atoms with van der Waals surface area (Å²) in [4.78, 5) is 76.1. The molecule has 5 amide bonds. The number of primary amides is 1. The average Bonchev–Trinajstić information content (AvgIpc) is 3.02. The molecule has 276 valence electrons. The van der Waals surface area contributed by atoms with Crippen molar-refractivity contribution in [2.75, 3.05) is 26.2 Å². The van der Waals surface area contributed by atoms with Crippen LogP contribution in [0.15, 0.2) is 0 Å². The molecule has 0 aromatic carbocycles. The number of carboxylic acids is 1. The first kappa shape index (κ1) is 43.9. The molecule has 0 aromatic heterocycles. The lowest BCUT2D eigenvalue weighted by Crippen LogP contribution is -2.58. The number of aliphatic carboxylic acids is 1. The summed E-state index contributed by atoms with van der Waals surface area (Å²) in [5.74, 6) is -5.18. The summed E-state index contributed by atoms with van der Waals surface area (Å²) >= 11 is 0. The topological polar surface area (TPSA) is 363 Å². The molecular weight excluding hydrogens is 628 g/mol. The molecule has 0 spiro atoms. The Bertz CT molecular complexity index is 1030. The molecule has 19 heteroatoms. The van der Waals surface area contributed by atoms with Crippen molar-refractivity contribution < 1.29 is 33.9 Å². The van der Waals surface area contributed by atoms with Crippen LogP contribution in [0.5, 0.6) is 0 Å². The van der Waals surface area contributed by atoms with Gasteiger partial charge in [0.2, 0.25) is 29.5 Å². The molecule has 5 unspecified atom stereocenters. The summed E-state index contributed by atoms with van der Waals surface area (Å²) in [5.41, 5.74) is 33.2. The fourth-order valence-electron chi connectivity index (χ4n) is 4.60. The molecule has 0 heterocycles. The van der Waals surface area contributed by atoms with E-state index in [0.717, 1.165) is 0 Å². The van der Waals surface area contributed by atoms with E-state index in [1.165, 1.54) is 0 Å². The molecule has 19 N–H and O–H groups in total. The van der Waals surface area contributed by atoms with Crippen molar-refractivity contribution in [3.05, 3.63) is 0 Å². The van der Waals surface area contributed by atoms with Crippen molar-refractivity contribution in [3.63, 3.8) is 0 Å². The summed E-state index contributed by atoms with van der Waals surface area (Å²) in [6.45, 7) is 1.34. The van der Waals surface area contributed by atoms with Gasteiger partial charge in [-0.2, -0.15) is 0 Å². The van der Waals surface area contributed by atoms with Crippen molar-refractivity contribution in [2.45, 2.75) is 114 Å². The molecule has 48 heavy (non-hydrogen) atoms. The highest BCUT2D eigenvalue weighted by atomic mass is 16.4. The van der Waals surface area contributed by atoms with Crippen LogP contribution >= 0.6 is 0 Å². The highest BCUT2D eigenvalue weighted by Gasteiger charge is 2.31. The first-order valence-corrected chi connectivity index (χ1v) is 16.4. The molecule has 5 atom stereocenters. The van der Waals surface area contributed by atoms with Gasteiger partial charge in [-0.25, -0.2) is 4.79 Å². The Morgan fingerprint density at radius 1 is 0.562 bits per heavy atom. The maximum Gasteiger partial charge on any atom is 0.326 e. The Morgan fingerprint density at radius 3 is 1.35 bits per heavy atom. The van der Waals surface area contributed by atoms with E-state index in [-0.39, 0.29) is 51.0 Å². The first-order chi connectivity index (χ1) is 22.8. The average molecular weight is 687 g/mol. The minimum Gasteiger partial charge on any atom is -0.480 e. The van der Waals surface area contributed by atoms with Crippen LogP contribution in [-0.2, 0) is 28.8 Å². The van der Waals surface area contributed by atoms with Crippen molar-refractivity contribution in [2.24, 2.45) is 34.4 Å². The highest BCUT2D eigenvalue weighted by Crippen LogP contribution is 2.09. The SMILES string of the molecule is N=C(N)NCCCC(NC(=O)C(CCCCN)NC(=O)C(CCCCN)NC(=O)C(N)CCCCN)C(=O)NC(CCC(N)=O)C(=O)O. The second kappa shape index (κ2) is 26.0. The van der Waals surface area contributed by atoms with Gasteiger partial charge in [0.1, 0.15) is 24.2 Å². The van der Waals surface area contributed by atoms with Crippen molar-refractivity contribution >= 4 is 41.5 Å². The second-order valence-electron chi connectivity index (χ2n) is 11.5. The maximum atomic E-state index is 13.6. The summed E-state index contributed by atoms with van der Waals surface area (Å²) in [6, 6.07) is -5.75. The zero-order valence-electron chi connectivity index (χ0n) is 27.8. The number of carbonyl (C=O) groups is 6. The minimum atomic E-state index is -1.46. The van der Waals surface area contributed by atoms with Crippen LogP contribution < -0.4 is 61.0 Å². The van der Waals surface area contributed by atoms with Crippen LogP contribution in [0.4, 0.5) is 0 Å². The van der Waals surface area contributed by atoms with Crippen LogP contribution in [0, 0.1) is 5.41 Å². The Kier molecular flexibility index (Phi) is 23.8. The number of hydrogen-bond donors (Lipinski definition) is 13. The van der Waals surface area contributed by atoms with E-state index >= 15 is 0 Å². The van der Waals surface area contributed by atoms with Gasteiger partial charge in [-0.1, -0.05) is 6.42 Å². The van der Waals surface area contributed by atoms with Gasteiger partial charge in [0, 0.05) is 13.0 Å². The fraction of sp³-hybridized carbons (Fsp3) is 0.759. The quantitative estimate of drug-likeness (QED) is 0.0214. The second-order valence-corrected chi connectivity index (χ2v) is 11.5. The van der Waals surface area contributed by atoms with Gasteiger partial charge < -0.3 is 66.1 Å². The van der Waals surface area contributed by atoms with E-state index in [1.54, 1.807) is 0 Å². The molecule has 0 fully saturated rings. The Morgan fingerprint density at radius 2 is 0.958 bits per heavy atom. The van der Waals surface area contributed by atoms with Gasteiger partial charge >= 0.3 is 5.97 Å². The molecule has 0 aliphatic carbocycles. The molecule has 0 aromatic rings. The zero-order chi connectivity index (χ0) is 36.5. The van der Waals surface area contributed by atoms with Crippen LogP contribution in [0.2, 0.25) is 0 Å². The van der Waals surface area contributed by atoms with Gasteiger partial charge in [-0.3, -0.25) is 29.4 Å². The molecule has 0 saturated carbocycles. The molecule has 0 aliphatic rings. The van der Waals surface area contributed by atoms with Crippen LogP contribution in [0.3, 0.4) is 0 Å². The Labute approximate surface area is 281 Å². The maximum absolute atomic E-state index is 13.6. The summed E-state index contributed by atoms with van der Waals surface area (Å²) in [7, 11) is 0. The van der Waals surface area contributed by atoms with E-state index < -0.39 is 65.7 Å². The number of carbonyl (C=O) groups excluding carboxylic acids is 5. The number of hydrogen-bond acceptors (Lipinski definition) is 11. The van der Waals surface area contributed by atoms with Crippen molar-refractivity contribution in [1.82, 2.24) is 26.6 Å². The zero-order valence-corrected chi connectivity index (χ0v) is 27.8. The van der Waals surface area contributed by atoms with E-state index in [0.29, 0.717) is 64.6 Å². The smallest absolute Gasteiger partial charge is 0.326 e. The largest absolute Gasteiger partial charge is 0.480 e. The number of guanidine groups is 1. The molecule has 0 saturated heterocycles. The number of nitrogens with one attached hydrogen (secondary N) is 6. The minimum absolute atomic E-state index is 0.00327.